The van der Waals surface area contributed by atoms with Crippen LogP contribution in [0.3, 0.4) is 0 Å². The van der Waals surface area contributed by atoms with Crippen molar-refractivity contribution in [3.05, 3.63) is 0 Å². The molecule has 0 aliphatic heterocycles. The van der Waals surface area contributed by atoms with Gasteiger partial charge in [-0.1, -0.05) is 33.6 Å². The van der Waals surface area contributed by atoms with Crippen molar-refractivity contribution in [1.29, 1.82) is 0 Å². The fourth-order valence-electron chi connectivity index (χ4n) is 1.16. The summed E-state index contributed by atoms with van der Waals surface area (Å²) in [5.74, 6) is 0.781. The summed E-state index contributed by atoms with van der Waals surface area (Å²) in [6.45, 7) is 6.17. The maximum Gasteiger partial charge on any atom is 0.217 e. The summed E-state index contributed by atoms with van der Waals surface area (Å²) in [4.78, 5) is 0. The van der Waals surface area contributed by atoms with Crippen LogP contribution in [0.2, 0.25) is 0 Å². The Hall–Kier alpha value is -0.130. The normalized spacial score (nSPS) is 14.6. The van der Waals surface area contributed by atoms with Gasteiger partial charge in [0.1, 0.15) is 0 Å². The topological polar surface area (TPSA) is 66.4 Å². The minimum atomic E-state index is -4.51. The van der Waals surface area contributed by atoms with Crippen molar-refractivity contribution in [2.45, 2.75) is 40.0 Å². The van der Waals surface area contributed by atoms with Crippen molar-refractivity contribution >= 4 is 10.4 Å². The van der Waals surface area contributed by atoms with Gasteiger partial charge in [-0.3, -0.25) is 4.18 Å². The predicted octanol–water partition coefficient (Wildman–Crippen LogP) is 1.93. The van der Waals surface area contributed by atoms with Gasteiger partial charge in [-0.15, -0.1) is 0 Å². The maximum atomic E-state index is 10.1. The zero-order valence-electron chi connectivity index (χ0n) is 9.02. The van der Waals surface area contributed by atoms with Crippen LogP contribution in [0.1, 0.15) is 40.0 Å². The number of rotatable bonds is 7. The van der Waals surface area contributed by atoms with E-state index in [2.05, 4.69) is 18.0 Å². The van der Waals surface area contributed by atoms with Crippen LogP contribution < -0.4 is 0 Å². The van der Waals surface area contributed by atoms with Gasteiger partial charge in [0.15, 0.2) is 0 Å². The first-order valence-electron chi connectivity index (χ1n) is 4.91. The highest BCUT2D eigenvalue weighted by Crippen LogP contribution is 2.12. The Bertz CT molecular complexity index is 233. The molecule has 0 N–H and O–H groups in total. The van der Waals surface area contributed by atoms with E-state index in [0.29, 0.717) is 5.92 Å². The van der Waals surface area contributed by atoms with Crippen LogP contribution in [0.5, 0.6) is 0 Å². The molecule has 0 saturated heterocycles. The van der Waals surface area contributed by atoms with Crippen molar-refractivity contribution in [2.75, 3.05) is 6.61 Å². The van der Waals surface area contributed by atoms with Crippen LogP contribution >= 0.6 is 0 Å². The molecule has 0 heterocycles. The third-order valence-corrected chi connectivity index (χ3v) is 2.40. The van der Waals surface area contributed by atoms with Crippen LogP contribution in [0, 0.1) is 11.8 Å². The summed E-state index contributed by atoms with van der Waals surface area (Å²) < 4.78 is 34.6. The minimum Gasteiger partial charge on any atom is -0.726 e. The monoisotopic (exact) mass is 223 g/mol. The van der Waals surface area contributed by atoms with Crippen molar-refractivity contribution < 1.29 is 17.2 Å². The molecule has 1 unspecified atom stereocenters. The molecular weight excluding hydrogens is 204 g/mol. The average molecular weight is 223 g/mol. The second kappa shape index (κ2) is 6.37. The third-order valence-electron chi connectivity index (χ3n) is 1.98. The van der Waals surface area contributed by atoms with Crippen LogP contribution in [-0.2, 0) is 14.6 Å². The molecule has 4 nitrogen and oxygen atoms in total. The lowest BCUT2D eigenvalue weighted by Gasteiger charge is -2.13. The standard InChI is InChI=1S/C9H20O4S/c1-8(2)5-4-6-9(3)7-13-14(10,11)12/h8-9H,4-7H2,1-3H3,(H,10,11,12)/p-1. The molecule has 0 rings (SSSR count). The first kappa shape index (κ1) is 13.9. The third kappa shape index (κ3) is 9.95. The molecule has 0 amide bonds. The maximum absolute atomic E-state index is 10.1. The highest BCUT2D eigenvalue weighted by molar-refractivity contribution is 7.80. The molecule has 86 valence electrons. The van der Waals surface area contributed by atoms with Gasteiger partial charge in [-0.2, -0.15) is 0 Å². The zero-order chi connectivity index (χ0) is 11.2. The fraction of sp³-hybridized carbons (Fsp3) is 1.00. The van der Waals surface area contributed by atoms with Gasteiger partial charge in [-0.05, 0) is 18.3 Å². The van der Waals surface area contributed by atoms with Gasteiger partial charge in [0.05, 0.1) is 6.61 Å². The Kier molecular flexibility index (Phi) is 6.31. The summed E-state index contributed by atoms with van der Waals surface area (Å²) in [5.41, 5.74) is 0. The molecule has 0 aromatic carbocycles. The van der Waals surface area contributed by atoms with Gasteiger partial charge >= 0.3 is 0 Å². The van der Waals surface area contributed by atoms with Gasteiger partial charge in [0.25, 0.3) is 0 Å². The Balaban J connectivity index is 3.51. The van der Waals surface area contributed by atoms with E-state index in [0.717, 1.165) is 19.3 Å². The fourth-order valence-corrected chi connectivity index (χ4v) is 1.56. The molecule has 0 aromatic rings. The van der Waals surface area contributed by atoms with Gasteiger partial charge < -0.3 is 4.55 Å². The summed E-state index contributed by atoms with van der Waals surface area (Å²) >= 11 is 0. The van der Waals surface area contributed by atoms with E-state index < -0.39 is 10.4 Å². The van der Waals surface area contributed by atoms with E-state index >= 15 is 0 Å². The van der Waals surface area contributed by atoms with Gasteiger partial charge in [0, 0.05) is 0 Å². The summed E-state index contributed by atoms with van der Waals surface area (Å²) in [6, 6.07) is 0. The lowest BCUT2D eigenvalue weighted by Crippen LogP contribution is -2.11. The van der Waals surface area contributed by atoms with Crippen molar-refractivity contribution in [3.8, 4) is 0 Å². The Morgan fingerprint density at radius 3 is 2.21 bits per heavy atom. The first-order valence-corrected chi connectivity index (χ1v) is 6.25. The molecule has 0 fully saturated rings. The minimum absolute atomic E-state index is 0.00390. The van der Waals surface area contributed by atoms with E-state index in [1.54, 1.807) is 0 Å². The molecule has 5 heteroatoms. The van der Waals surface area contributed by atoms with E-state index in [1.807, 2.05) is 6.92 Å². The molecule has 0 bridgehead atoms. The summed E-state index contributed by atoms with van der Waals surface area (Å²) in [7, 11) is -4.51. The predicted molar refractivity (Wildman–Crippen MR) is 53.5 cm³/mol. The van der Waals surface area contributed by atoms with Crippen LogP contribution in [0.4, 0.5) is 0 Å². The smallest absolute Gasteiger partial charge is 0.217 e. The molecule has 0 radical (unpaired) electrons. The molecule has 0 aromatic heterocycles. The SMILES string of the molecule is CC(C)CCCC(C)COS(=O)(=O)[O-]. The Morgan fingerprint density at radius 1 is 1.21 bits per heavy atom. The van der Waals surface area contributed by atoms with Gasteiger partial charge in [-0.25, -0.2) is 8.42 Å². The van der Waals surface area contributed by atoms with Crippen LogP contribution in [0.15, 0.2) is 0 Å². The molecular formula is C9H19O4S-. The zero-order valence-corrected chi connectivity index (χ0v) is 9.84. The van der Waals surface area contributed by atoms with Crippen molar-refractivity contribution in [2.24, 2.45) is 11.8 Å². The van der Waals surface area contributed by atoms with E-state index in [1.165, 1.54) is 0 Å². The highest BCUT2D eigenvalue weighted by atomic mass is 32.3. The average Bonchev–Trinajstić information content (AvgIpc) is 1.99. The molecule has 0 aliphatic carbocycles. The largest absolute Gasteiger partial charge is 0.726 e. The van der Waals surface area contributed by atoms with Crippen molar-refractivity contribution in [3.63, 3.8) is 0 Å². The van der Waals surface area contributed by atoms with E-state index in [4.69, 9.17) is 0 Å². The lowest BCUT2D eigenvalue weighted by molar-refractivity contribution is 0.217. The molecule has 0 saturated carbocycles. The second-order valence-electron chi connectivity index (χ2n) is 4.12. The number of hydrogen-bond acceptors (Lipinski definition) is 4. The van der Waals surface area contributed by atoms with Gasteiger partial charge in [0.2, 0.25) is 10.4 Å². The molecule has 0 aliphatic rings. The first-order chi connectivity index (χ1) is 6.31. The Labute approximate surface area is 86.6 Å². The molecule has 0 spiro atoms. The van der Waals surface area contributed by atoms with Crippen LogP contribution in [0.25, 0.3) is 0 Å². The Morgan fingerprint density at radius 2 is 1.79 bits per heavy atom. The van der Waals surface area contributed by atoms with Crippen molar-refractivity contribution in [1.82, 2.24) is 0 Å². The highest BCUT2D eigenvalue weighted by Gasteiger charge is 2.05. The number of hydrogen-bond donors (Lipinski definition) is 0. The molecule has 14 heavy (non-hydrogen) atoms. The summed E-state index contributed by atoms with van der Waals surface area (Å²) in [6.07, 6.45) is 3.06. The lowest BCUT2D eigenvalue weighted by atomic mass is 10.0. The quantitative estimate of drug-likeness (QED) is 0.488. The molecule has 1 atom stereocenters. The van der Waals surface area contributed by atoms with Crippen LogP contribution in [-0.4, -0.2) is 19.6 Å². The van der Waals surface area contributed by atoms with E-state index in [-0.39, 0.29) is 12.5 Å². The second-order valence-corrected chi connectivity index (χ2v) is 5.17. The summed E-state index contributed by atoms with van der Waals surface area (Å²) in [5, 5.41) is 0. The van der Waals surface area contributed by atoms with E-state index in [9.17, 15) is 13.0 Å².